The van der Waals surface area contributed by atoms with Gasteiger partial charge in [-0.2, -0.15) is 0 Å². The van der Waals surface area contributed by atoms with Gasteiger partial charge in [0.15, 0.2) is 0 Å². The van der Waals surface area contributed by atoms with Gasteiger partial charge >= 0.3 is 0 Å². The Hall–Kier alpha value is -0.530. The van der Waals surface area contributed by atoms with E-state index in [2.05, 4.69) is 25.7 Å². The van der Waals surface area contributed by atoms with Crippen molar-refractivity contribution in [2.75, 3.05) is 13.1 Å². The van der Waals surface area contributed by atoms with Gasteiger partial charge in [-0.3, -0.25) is 5.41 Å². The highest BCUT2D eigenvalue weighted by molar-refractivity contribution is 5.82. The van der Waals surface area contributed by atoms with Crippen LogP contribution >= 0.6 is 0 Å². The fourth-order valence-corrected chi connectivity index (χ4v) is 3.32. The molecule has 0 aromatic rings. The first-order chi connectivity index (χ1) is 7.98. The van der Waals surface area contributed by atoms with Crippen LogP contribution in [0.15, 0.2) is 0 Å². The SMILES string of the molecule is CC(C)(C)C1CCN(C(=N)C2CCCCC2)C1. The molecule has 0 aromatic carbocycles. The molecule has 1 saturated carbocycles. The van der Waals surface area contributed by atoms with Gasteiger partial charge in [0.05, 0.1) is 5.84 Å². The van der Waals surface area contributed by atoms with Crippen LogP contribution in [0.2, 0.25) is 0 Å². The lowest BCUT2D eigenvalue weighted by Gasteiger charge is -2.31. The minimum absolute atomic E-state index is 0.404. The van der Waals surface area contributed by atoms with Crippen LogP contribution < -0.4 is 0 Å². The first-order valence-corrected chi connectivity index (χ1v) is 7.32. The second kappa shape index (κ2) is 4.99. The van der Waals surface area contributed by atoms with Crippen molar-refractivity contribution in [3.05, 3.63) is 0 Å². The molecule has 98 valence electrons. The van der Waals surface area contributed by atoms with Gasteiger partial charge in [-0.1, -0.05) is 40.0 Å². The fraction of sp³-hybridized carbons (Fsp3) is 0.933. The third-order valence-corrected chi connectivity index (χ3v) is 4.75. The molecule has 0 amide bonds. The average molecular weight is 236 g/mol. The molecule has 1 saturated heterocycles. The van der Waals surface area contributed by atoms with Crippen LogP contribution in [0.5, 0.6) is 0 Å². The van der Waals surface area contributed by atoms with Crippen molar-refractivity contribution < 1.29 is 0 Å². The summed E-state index contributed by atoms with van der Waals surface area (Å²) in [6.45, 7) is 9.26. The lowest BCUT2D eigenvalue weighted by molar-refractivity contribution is 0.247. The summed E-state index contributed by atoms with van der Waals surface area (Å²) in [4.78, 5) is 2.37. The van der Waals surface area contributed by atoms with E-state index in [1.165, 1.54) is 38.5 Å². The van der Waals surface area contributed by atoms with Crippen LogP contribution in [-0.4, -0.2) is 23.8 Å². The smallest absolute Gasteiger partial charge is 0.0989 e. The Kier molecular flexibility index (Phi) is 3.79. The predicted octanol–water partition coefficient (Wildman–Crippen LogP) is 3.91. The molecule has 1 N–H and O–H groups in total. The van der Waals surface area contributed by atoms with E-state index >= 15 is 0 Å². The summed E-state index contributed by atoms with van der Waals surface area (Å²) < 4.78 is 0. The molecule has 17 heavy (non-hydrogen) atoms. The predicted molar refractivity (Wildman–Crippen MR) is 73.4 cm³/mol. The van der Waals surface area contributed by atoms with Crippen LogP contribution in [0.3, 0.4) is 0 Å². The monoisotopic (exact) mass is 236 g/mol. The average Bonchev–Trinajstić information content (AvgIpc) is 2.78. The Bertz CT molecular complexity index is 271. The van der Waals surface area contributed by atoms with Crippen molar-refractivity contribution in [1.82, 2.24) is 4.90 Å². The normalized spacial score (nSPS) is 27.5. The molecule has 1 atom stereocenters. The standard InChI is InChI=1S/C15H28N2/c1-15(2,3)13-9-10-17(11-13)14(16)12-7-5-4-6-8-12/h12-13,16H,4-11H2,1-3H3. The zero-order valence-corrected chi connectivity index (χ0v) is 11.8. The summed E-state index contributed by atoms with van der Waals surface area (Å²) in [5.74, 6) is 2.30. The second-order valence-corrected chi connectivity index (χ2v) is 7.02. The van der Waals surface area contributed by atoms with Gasteiger partial charge in [0.25, 0.3) is 0 Å². The summed E-state index contributed by atoms with van der Waals surface area (Å²) in [6, 6.07) is 0. The molecule has 0 radical (unpaired) electrons. The van der Waals surface area contributed by atoms with E-state index in [0.29, 0.717) is 11.3 Å². The molecule has 2 nitrogen and oxygen atoms in total. The van der Waals surface area contributed by atoms with E-state index in [-0.39, 0.29) is 0 Å². The van der Waals surface area contributed by atoms with Gasteiger partial charge in [-0.25, -0.2) is 0 Å². The maximum absolute atomic E-state index is 8.40. The highest BCUT2D eigenvalue weighted by atomic mass is 15.2. The van der Waals surface area contributed by atoms with Crippen LogP contribution in [0.4, 0.5) is 0 Å². The summed E-state index contributed by atoms with van der Waals surface area (Å²) in [7, 11) is 0. The number of hydrogen-bond donors (Lipinski definition) is 1. The van der Waals surface area contributed by atoms with Gasteiger partial charge < -0.3 is 4.90 Å². The minimum Gasteiger partial charge on any atom is -0.360 e. The van der Waals surface area contributed by atoms with Crippen molar-refractivity contribution in [2.24, 2.45) is 17.3 Å². The molecule has 2 rings (SSSR count). The fourth-order valence-electron chi connectivity index (χ4n) is 3.32. The van der Waals surface area contributed by atoms with E-state index in [1.807, 2.05) is 0 Å². The van der Waals surface area contributed by atoms with E-state index in [4.69, 9.17) is 5.41 Å². The lowest BCUT2D eigenvalue weighted by Crippen LogP contribution is -2.36. The Labute approximate surface area is 106 Å². The van der Waals surface area contributed by atoms with Gasteiger partial charge in [0, 0.05) is 19.0 Å². The molecule has 2 heteroatoms. The van der Waals surface area contributed by atoms with Crippen molar-refractivity contribution in [3.8, 4) is 0 Å². The second-order valence-electron chi connectivity index (χ2n) is 7.02. The molecule has 2 aliphatic rings. The van der Waals surface area contributed by atoms with E-state index in [9.17, 15) is 0 Å². The third kappa shape index (κ3) is 3.02. The summed E-state index contributed by atoms with van der Waals surface area (Å²) in [5, 5.41) is 8.40. The number of rotatable bonds is 1. The number of hydrogen-bond acceptors (Lipinski definition) is 1. The highest BCUT2D eigenvalue weighted by Gasteiger charge is 2.34. The van der Waals surface area contributed by atoms with Gasteiger partial charge in [0.1, 0.15) is 0 Å². The molecule has 0 spiro atoms. The van der Waals surface area contributed by atoms with Crippen molar-refractivity contribution in [2.45, 2.75) is 59.3 Å². The van der Waals surface area contributed by atoms with E-state index in [0.717, 1.165) is 24.8 Å². The quantitative estimate of drug-likeness (QED) is 0.542. The van der Waals surface area contributed by atoms with Crippen LogP contribution in [0, 0.1) is 22.7 Å². The van der Waals surface area contributed by atoms with Gasteiger partial charge in [-0.05, 0) is 30.6 Å². The van der Waals surface area contributed by atoms with E-state index < -0.39 is 0 Å². The zero-order chi connectivity index (χ0) is 12.5. The van der Waals surface area contributed by atoms with Crippen LogP contribution in [-0.2, 0) is 0 Å². The molecule has 2 fully saturated rings. The van der Waals surface area contributed by atoms with Crippen LogP contribution in [0.25, 0.3) is 0 Å². The van der Waals surface area contributed by atoms with Crippen LogP contribution in [0.1, 0.15) is 59.3 Å². The first kappa shape index (κ1) is 12.9. The van der Waals surface area contributed by atoms with Gasteiger partial charge in [-0.15, -0.1) is 0 Å². The largest absolute Gasteiger partial charge is 0.360 e. The molecule has 1 unspecified atom stereocenters. The Balaban J connectivity index is 1.89. The van der Waals surface area contributed by atoms with Crippen molar-refractivity contribution >= 4 is 5.84 Å². The molecule has 1 aliphatic carbocycles. The number of amidine groups is 1. The molecule has 0 bridgehead atoms. The maximum Gasteiger partial charge on any atom is 0.0989 e. The topological polar surface area (TPSA) is 27.1 Å². The molecule has 1 heterocycles. The molecular formula is C15H28N2. The number of nitrogens with zero attached hydrogens (tertiary/aromatic N) is 1. The van der Waals surface area contributed by atoms with Crippen molar-refractivity contribution in [3.63, 3.8) is 0 Å². The van der Waals surface area contributed by atoms with Gasteiger partial charge in [0.2, 0.25) is 0 Å². The van der Waals surface area contributed by atoms with Crippen molar-refractivity contribution in [1.29, 1.82) is 5.41 Å². The highest BCUT2D eigenvalue weighted by Crippen LogP contribution is 2.35. The summed E-state index contributed by atoms with van der Waals surface area (Å²) in [6.07, 6.45) is 7.85. The minimum atomic E-state index is 0.404. The lowest BCUT2D eigenvalue weighted by atomic mass is 9.80. The zero-order valence-electron chi connectivity index (χ0n) is 11.8. The molecular weight excluding hydrogens is 208 g/mol. The molecule has 0 aromatic heterocycles. The summed E-state index contributed by atoms with van der Waals surface area (Å²) in [5.41, 5.74) is 0.404. The number of likely N-dealkylation sites (tertiary alicyclic amines) is 1. The molecule has 1 aliphatic heterocycles. The van der Waals surface area contributed by atoms with E-state index in [1.54, 1.807) is 0 Å². The Morgan fingerprint density at radius 2 is 1.71 bits per heavy atom. The maximum atomic E-state index is 8.40. The third-order valence-electron chi connectivity index (χ3n) is 4.75. The first-order valence-electron chi connectivity index (χ1n) is 7.32. The Morgan fingerprint density at radius 1 is 1.06 bits per heavy atom. The summed E-state index contributed by atoms with van der Waals surface area (Å²) >= 11 is 0. The Morgan fingerprint density at radius 3 is 2.24 bits per heavy atom. The number of nitrogens with one attached hydrogen (secondary N) is 1.